The fraction of sp³-hybridized carbons (Fsp3) is 0.150. The van der Waals surface area contributed by atoms with Crippen LogP contribution in [0, 0.1) is 13.8 Å². The lowest BCUT2D eigenvalue weighted by Crippen LogP contribution is -2.25. The van der Waals surface area contributed by atoms with Crippen molar-refractivity contribution >= 4 is 34.5 Å². The fourth-order valence-corrected chi connectivity index (χ4v) is 2.77. The van der Waals surface area contributed by atoms with Crippen molar-refractivity contribution in [2.45, 2.75) is 20.8 Å². The summed E-state index contributed by atoms with van der Waals surface area (Å²) in [7, 11) is 0. The molecule has 2 N–H and O–H groups in total. The maximum Gasteiger partial charge on any atom is 0.253 e. The van der Waals surface area contributed by atoms with Crippen LogP contribution in [-0.4, -0.2) is 27.6 Å². The number of rotatable bonds is 3. The molecule has 0 saturated carbocycles. The number of carboxylic acids is 1. The van der Waals surface area contributed by atoms with E-state index in [1.165, 1.54) is 6.07 Å². The molecule has 0 radical (unpaired) electrons. The number of hydrogen-bond donors (Lipinski definition) is 1. The highest BCUT2D eigenvalue weighted by Gasteiger charge is 2.08. The average molecular weight is 360 g/mol. The van der Waals surface area contributed by atoms with Crippen molar-refractivity contribution in [3.8, 4) is 0 Å². The van der Waals surface area contributed by atoms with Gasteiger partial charge in [0.15, 0.2) is 0 Å². The predicted molar refractivity (Wildman–Crippen MR) is 103 cm³/mol. The minimum atomic E-state index is -1.28. The van der Waals surface area contributed by atoms with E-state index in [0.717, 1.165) is 22.2 Å². The molecule has 0 aliphatic rings. The molecule has 0 unspecified atom stereocenters. The van der Waals surface area contributed by atoms with E-state index in [-0.39, 0.29) is 17.5 Å². The largest absolute Gasteiger partial charge is 0.545 e. The van der Waals surface area contributed by atoms with E-state index in [9.17, 15) is 9.90 Å². The number of fused-ring (bicyclic) bond motifs is 1. The number of aliphatic imine (C=N–C) groups is 2. The molecule has 0 spiro atoms. The SMILES string of the molecule is CC(=NC(N)=Nc1nc(C)c2cc(C)ccc2n1)c1ccccc1C(=O)[O-]. The summed E-state index contributed by atoms with van der Waals surface area (Å²) in [5, 5.41) is 12.2. The molecule has 2 aromatic carbocycles. The van der Waals surface area contributed by atoms with Crippen molar-refractivity contribution in [3.63, 3.8) is 0 Å². The van der Waals surface area contributed by atoms with E-state index >= 15 is 0 Å². The first-order valence-corrected chi connectivity index (χ1v) is 8.30. The molecule has 0 bridgehead atoms. The van der Waals surface area contributed by atoms with Gasteiger partial charge in [-0.05, 0) is 32.9 Å². The molecular formula is C20H18N5O2-. The summed E-state index contributed by atoms with van der Waals surface area (Å²) in [4.78, 5) is 28.3. The molecule has 0 aliphatic carbocycles. The van der Waals surface area contributed by atoms with Gasteiger partial charge in [0.25, 0.3) is 5.95 Å². The molecule has 1 aromatic heterocycles. The van der Waals surface area contributed by atoms with Gasteiger partial charge in [0.2, 0.25) is 5.96 Å². The van der Waals surface area contributed by atoms with Crippen LogP contribution in [0.25, 0.3) is 10.9 Å². The molecule has 136 valence electrons. The quantitative estimate of drug-likeness (QED) is 0.567. The summed E-state index contributed by atoms with van der Waals surface area (Å²) in [6.07, 6.45) is 0. The summed E-state index contributed by atoms with van der Waals surface area (Å²) in [6, 6.07) is 12.3. The minimum Gasteiger partial charge on any atom is -0.545 e. The second-order valence-corrected chi connectivity index (χ2v) is 6.13. The molecule has 7 nitrogen and oxygen atoms in total. The smallest absolute Gasteiger partial charge is 0.253 e. The van der Waals surface area contributed by atoms with Crippen LogP contribution in [-0.2, 0) is 0 Å². The van der Waals surface area contributed by atoms with Crippen molar-refractivity contribution in [1.82, 2.24) is 9.97 Å². The Morgan fingerprint density at radius 3 is 2.48 bits per heavy atom. The Bertz CT molecular complexity index is 1100. The zero-order valence-electron chi connectivity index (χ0n) is 15.2. The van der Waals surface area contributed by atoms with Crippen LogP contribution in [0.2, 0.25) is 0 Å². The molecule has 0 atom stereocenters. The zero-order chi connectivity index (χ0) is 19.6. The van der Waals surface area contributed by atoms with Gasteiger partial charge in [-0.1, -0.05) is 35.9 Å². The predicted octanol–water partition coefficient (Wildman–Crippen LogP) is 2.07. The van der Waals surface area contributed by atoms with E-state index in [0.29, 0.717) is 11.3 Å². The first-order valence-electron chi connectivity index (χ1n) is 8.30. The fourth-order valence-electron chi connectivity index (χ4n) is 2.77. The maximum absolute atomic E-state index is 11.2. The monoisotopic (exact) mass is 360 g/mol. The number of benzene rings is 2. The number of nitrogens with two attached hydrogens (primary N) is 1. The number of carboxylic acid groups (broad SMARTS) is 1. The van der Waals surface area contributed by atoms with Crippen LogP contribution in [0.4, 0.5) is 5.95 Å². The molecular weight excluding hydrogens is 342 g/mol. The molecule has 27 heavy (non-hydrogen) atoms. The molecule has 7 heteroatoms. The van der Waals surface area contributed by atoms with Crippen LogP contribution in [0.15, 0.2) is 52.4 Å². The van der Waals surface area contributed by atoms with E-state index in [2.05, 4.69) is 20.0 Å². The first kappa shape index (κ1) is 18.2. The van der Waals surface area contributed by atoms with Gasteiger partial charge in [-0.25, -0.2) is 15.0 Å². The molecule has 0 aliphatic heterocycles. The van der Waals surface area contributed by atoms with Crippen molar-refractivity contribution in [2.75, 3.05) is 0 Å². The number of aromatic nitrogens is 2. The van der Waals surface area contributed by atoms with E-state index in [1.807, 2.05) is 32.0 Å². The third-order valence-corrected chi connectivity index (χ3v) is 4.06. The van der Waals surface area contributed by atoms with Crippen molar-refractivity contribution in [3.05, 3.63) is 64.8 Å². The second-order valence-electron chi connectivity index (χ2n) is 6.13. The molecule has 0 fully saturated rings. The van der Waals surface area contributed by atoms with Crippen LogP contribution < -0.4 is 10.8 Å². The van der Waals surface area contributed by atoms with Gasteiger partial charge in [-0.3, -0.25) is 0 Å². The third kappa shape index (κ3) is 3.98. The summed E-state index contributed by atoms with van der Waals surface area (Å²) in [6.45, 7) is 5.54. The summed E-state index contributed by atoms with van der Waals surface area (Å²) < 4.78 is 0. The average Bonchev–Trinajstić information content (AvgIpc) is 2.62. The van der Waals surface area contributed by atoms with Gasteiger partial charge in [0.1, 0.15) is 0 Å². The number of aromatic carboxylic acids is 1. The number of hydrogen-bond acceptors (Lipinski definition) is 5. The highest BCUT2D eigenvalue weighted by molar-refractivity contribution is 6.10. The van der Waals surface area contributed by atoms with Crippen molar-refractivity contribution in [1.29, 1.82) is 0 Å². The van der Waals surface area contributed by atoms with Gasteiger partial charge in [0.05, 0.1) is 17.2 Å². The maximum atomic E-state index is 11.2. The Labute approximate surface area is 156 Å². The van der Waals surface area contributed by atoms with Crippen molar-refractivity contribution in [2.24, 2.45) is 15.7 Å². The van der Waals surface area contributed by atoms with Gasteiger partial charge < -0.3 is 15.6 Å². The van der Waals surface area contributed by atoms with Crippen LogP contribution in [0.1, 0.15) is 34.1 Å². The minimum absolute atomic E-state index is 0.0414. The number of carbonyl (C=O) groups excluding carboxylic acids is 1. The van der Waals surface area contributed by atoms with Crippen molar-refractivity contribution < 1.29 is 9.90 Å². The van der Waals surface area contributed by atoms with E-state index in [1.54, 1.807) is 25.1 Å². The second kappa shape index (κ2) is 7.33. The molecule has 3 aromatic rings. The highest BCUT2D eigenvalue weighted by atomic mass is 16.4. The molecule has 3 rings (SSSR count). The van der Waals surface area contributed by atoms with Crippen LogP contribution >= 0.6 is 0 Å². The number of guanidine groups is 1. The van der Waals surface area contributed by atoms with Gasteiger partial charge in [-0.15, -0.1) is 0 Å². The van der Waals surface area contributed by atoms with Gasteiger partial charge in [-0.2, -0.15) is 4.99 Å². The first-order chi connectivity index (χ1) is 12.8. The zero-order valence-corrected chi connectivity index (χ0v) is 15.2. The highest BCUT2D eigenvalue weighted by Crippen LogP contribution is 2.20. The molecule has 0 saturated heterocycles. The Morgan fingerprint density at radius 2 is 1.78 bits per heavy atom. The number of aryl methyl sites for hydroxylation is 2. The lowest BCUT2D eigenvalue weighted by molar-refractivity contribution is -0.255. The Balaban J connectivity index is 1.98. The summed E-state index contributed by atoms with van der Waals surface area (Å²) >= 11 is 0. The summed E-state index contributed by atoms with van der Waals surface area (Å²) in [5.41, 5.74) is 9.45. The normalized spacial score (nSPS) is 12.4. The number of carbonyl (C=O) groups is 1. The van der Waals surface area contributed by atoms with Gasteiger partial charge in [0, 0.05) is 22.2 Å². The van der Waals surface area contributed by atoms with Crippen LogP contribution in [0.5, 0.6) is 0 Å². The Kier molecular flexibility index (Phi) is 4.94. The standard InChI is InChI=1S/C20H19N5O2/c1-11-8-9-17-16(10-11)13(3)23-20(24-17)25-19(21)22-12(2)14-6-4-5-7-15(14)18(26)27/h4-10H,1-3H3,(H,26,27)(H2,21,23,24,25)/p-1. The Morgan fingerprint density at radius 1 is 1.07 bits per heavy atom. The molecule has 1 heterocycles. The van der Waals surface area contributed by atoms with Crippen LogP contribution in [0.3, 0.4) is 0 Å². The lowest BCUT2D eigenvalue weighted by atomic mass is 10.0. The topological polar surface area (TPSA) is 117 Å². The Hall–Kier alpha value is -3.61. The summed E-state index contributed by atoms with van der Waals surface area (Å²) in [5.74, 6) is -1.14. The number of nitrogens with zero attached hydrogens (tertiary/aromatic N) is 4. The van der Waals surface area contributed by atoms with E-state index in [4.69, 9.17) is 5.73 Å². The third-order valence-electron chi connectivity index (χ3n) is 4.06. The van der Waals surface area contributed by atoms with Gasteiger partial charge >= 0.3 is 0 Å². The molecule has 0 amide bonds. The lowest BCUT2D eigenvalue weighted by Gasteiger charge is -2.09. The van der Waals surface area contributed by atoms with E-state index < -0.39 is 5.97 Å².